The summed E-state index contributed by atoms with van der Waals surface area (Å²) in [6.45, 7) is 2.18. The Hall–Kier alpha value is -2.10. The third-order valence-electron chi connectivity index (χ3n) is 4.39. The second-order valence-corrected chi connectivity index (χ2v) is 6.01. The first-order chi connectivity index (χ1) is 10.6. The highest BCUT2D eigenvalue weighted by molar-refractivity contribution is 5.92. The molecule has 3 rings (SSSR count). The van der Waals surface area contributed by atoms with Crippen molar-refractivity contribution in [1.82, 2.24) is 5.32 Å². The minimum atomic E-state index is -0.292. The Morgan fingerprint density at radius 1 is 1.14 bits per heavy atom. The molecule has 2 atom stereocenters. The highest BCUT2D eigenvalue weighted by Crippen LogP contribution is 2.25. The van der Waals surface area contributed by atoms with Crippen LogP contribution >= 0.6 is 0 Å². The molecule has 116 valence electrons. The van der Waals surface area contributed by atoms with E-state index in [4.69, 9.17) is 4.42 Å². The van der Waals surface area contributed by atoms with Gasteiger partial charge in [-0.15, -0.1) is 0 Å². The van der Waals surface area contributed by atoms with E-state index in [2.05, 4.69) is 12.2 Å². The van der Waals surface area contributed by atoms with Gasteiger partial charge in [-0.3, -0.25) is 4.79 Å². The molecule has 0 bridgehead atoms. The van der Waals surface area contributed by atoms with Gasteiger partial charge in [0.05, 0.1) is 0 Å². The second kappa shape index (κ2) is 6.34. The van der Waals surface area contributed by atoms with Crippen molar-refractivity contribution in [3.63, 3.8) is 0 Å². The molecule has 1 heterocycles. The number of hydrogen-bond donors (Lipinski definition) is 1. The molecule has 1 aromatic carbocycles. The Kier molecular flexibility index (Phi) is 4.27. The van der Waals surface area contributed by atoms with Crippen molar-refractivity contribution in [2.75, 3.05) is 0 Å². The maximum absolute atomic E-state index is 12.9. The van der Waals surface area contributed by atoms with Gasteiger partial charge in [0.1, 0.15) is 11.6 Å². The van der Waals surface area contributed by atoms with Gasteiger partial charge in [-0.1, -0.05) is 19.8 Å². The lowest BCUT2D eigenvalue weighted by molar-refractivity contribution is 0.0883. The van der Waals surface area contributed by atoms with Crippen LogP contribution in [0.1, 0.15) is 43.2 Å². The van der Waals surface area contributed by atoms with Crippen LogP contribution in [-0.2, 0) is 0 Å². The Labute approximate surface area is 129 Å². The van der Waals surface area contributed by atoms with Gasteiger partial charge in [-0.2, -0.15) is 0 Å². The van der Waals surface area contributed by atoms with E-state index in [0.717, 1.165) is 24.8 Å². The molecule has 3 nitrogen and oxygen atoms in total. The zero-order valence-corrected chi connectivity index (χ0v) is 12.6. The second-order valence-electron chi connectivity index (χ2n) is 6.01. The minimum absolute atomic E-state index is 0.174. The zero-order valence-electron chi connectivity index (χ0n) is 12.6. The summed E-state index contributed by atoms with van der Waals surface area (Å²) in [5, 5.41) is 3.07. The van der Waals surface area contributed by atoms with E-state index in [1.54, 1.807) is 24.3 Å². The van der Waals surface area contributed by atoms with Crippen LogP contribution in [0.2, 0.25) is 0 Å². The Morgan fingerprint density at radius 3 is 2.59 bits per heavy atom. The number of halogens is 1. The summed E-state index contributed by atoms with van der Waals surface area (Å²) in [6.07, 6.45) is 4.58. The first-order valence-electron chi connectivity index (χ1n) is 7.80. The van der Waals surface area contributed by atoms with Crippen molar-refractivity contribution >= 4 is 5.91 Å². The third kappa shape index (κ3) is 3.21. The summed E-state index contributed by atoms with van der Waals surface area (Å²) in [7, 11) is 0. The van der Waals surface area contributed by atoms with E-state index in [0.29, 0.717) is 17.4 Å². The maximum Gasteiger partial charge on any atom is 0.287 e. The van der Waals surface area contributed by atoms with Crippen molar-refractivity contribution < 1.29 is 13.6 Å². The molecular formula is C18H20FNO2. The normalized spacial score (nSPS) is 21.5. The molecule has 1 aliphatic carbocycles. The van der Waals surface area contributed by atoms with E-state index in [1.165, 1.54) is 18.6 Å². The average molecular weight is 301 g/mol. The Morgan fingerprint density at radius 2 is 1.86 bits per heavy atom. The predicted molar refractivity (Wildman–Crippen MR) is 83.0 cm³/mol. The number of amides is 1. The van der Waals surface area contributed by atoms with Crippen LogP contribution in [0.25, 0.3) is 11.3 Å². The average Bonchev–Trinajstić information content (AvgIpc) is 3.00. The molecule has 0 radical (unpaired) electrons. The molecule has 22 heavy (non-hydrogen) atoms. The van der Waals surface area contributed by atoms with Crippen molar-refractivity contribution in [2.45, 2.75) is 38.6 Å². The highest BCUT2D eigenvalue weighted by atomic mass is 19.1. The molecule has 1 N–H and O–H groups in total. The molecule has 0 saturated heterocycles. The minimum Gasteiger partial charge on any atom is -0.451 e. The third-order valence-corrected chi connectivity index (χ3v) is 4.39. The molecule has 2 unspecified atom stereocenters. The maximum atomic E-state index is 12.9. The topological polar surface area (TPSA) is 42.2 Å². The van der Waals surface area contributed by atoms with Crippen molar-refractivity contribution in [1.29, 1.82) is 0 Å². The summed E-state index contributed by atoms with van der Waals surface area (Å²) in [5.74, 6) is 0.912. The number of carbonyl (C=O) groups is 1. The van der Waals surface area contributed by atoms with Gasteiger partial charge >= 0.3 is 0 Å². The lowest BCUT2D eigenvalue weighted by Crippen LogP contribution is -2.40. The quantitative estimate of drug-likeness (QED) is 0.913. The van der Waals surface area contributed by atoms with Crippen LogP contribution < -0.4 is 5.32 Å². The van der Waals surface area contributed by atoms with Crippen LogP contribution in [-0.4, -0.2) is 11.9 Å². The molecule has 1 aliphatic rings. The van der Waals surface area contributed by atoms with Gasteiger partial charge in [-0.05, 0) is 55.2 Å². The van der Waals surface area contributed by atoms with E-state index >= 15 is 0 Å². The fourth-order valence-corrected chi connectivity index (χ4v) is 3.00. The van der Waals surface area contributed by atoms with E-state index in [-0.39, 0.29) is 17.8 Å². The van der Waals surface area contributed by atoms with Gasteiger partial charge < -0.3 is 9.73 Å². The number of carbonyl (C=O) groups excluding carboxylic acids is 1. The van der Waals surface area contributed by atoms with Crippen molar-refractivity contribution in [3.8, 4) is 11.3 Å². The van der Waals surface area contributed by atoms with Gasteiger partial charge in [-0.25, -0.2) is 4.39 Å². The Balaban J connectivity index is 1.70. The summed E-state index contributed by atoms with van der Waals surface area (Å²) in [5.41, 5.74) is 0.756. The smallest absolute Gasteiger partial charge is 0.287 e. The first-order valence-corrected chi connectivity index (χ1v) is 7.80. The van der Waals surface area contributed by atoms with Gasteiger partial charge in [0.15, 0.2) is 5.76 Å². The number of rotatable bonds is 3. The Bertz CT molecular complexity index is 647. The summed E-state index contributed by atoms with van der Waals surface area (Å²) in [4.78, 5) is 12.3. The molecule has 0 spiro atoms. The lowest BCUT2D eigenvalue weighted by atomic mass is 9.86. The molecule has 1 fully saturated rings. The fourth-order valence-electron chi connectivity index (χ4n) is 3.00. The fraction of sp³-hybridized carbons (Fsp3) is 0.389. The zero-order chi connectivity index (χ0) is 15.5. The SMILES string of the molecule is CC1CCCCC1NC(=O)c1ccc(-c2ccc(F)cc2)o1. The van der Waals surface area contributed by atoms with Crippen LogP contribution in [0.15, 0.2) is 40.8 Å². The predicted octanol–water partition coefficient (Wildman–Crippen LogP) is 4.39. The molecule has 1 aromatic heterocycles. The number of hydrogen-bond acceptors (Lipinski definition) is 2. The molecule has 2 aromatic rings. The molecule has 1 saturated carbocycles. The first kappa shape index (κ1) is 14.8. The number of nitrogens with one attached hydrogen (secondary N) is 1. The highest BCUT2D eigenvalue weighted by Gasteiger charge is 2.24. The molecular weight excluding hydrogens is 281 g/mol. The molecule has 1 amide bonds. The van der Waals surface area contributed by atoms with Gasteiger partial charge in [0, 0.05) is 11.6 Å². The standard InChI is InChI=1S/C18H20FNO2/c1-12-4-2-3-5-15(12)20-18(21)17-11-10-16(22-17)13-6-8-14(19)9-7-13/h6-12,15H,2-5H2,1H3,(H,20,21). The monoisotopic (exact) mass is 301 g/mol. The van der Waals surface area contributed by atoms with Crippen LogP contribution in [0.5, 0.6) is 0 Å². The van der Waals surface area contributed by atoms with Crippen LogP contribution in [0.3, 0.4) is 0 Å². The summed E-state index contributed by atoms with van der Waals surface area (Å²) >= 11 is 0. The van der Waals surface area contributed by atoms with E-state index in [1.807, 2.05) is 0 Å². The lowest BCUT2D eigenvalue weighted by Gasteiger charge is -2.29. The van der Waals surface area contributed by atoms with E-state index < -0.39 is 0 Å². The van der Waals surface area contributed by atoms with Gasteiger partial charge in [0.2, 0.25) is 0 Å². The molecule has 0 aliphatic heterocycles. The van der Waals surface area contributed by atoms with Crippen LogP contribution in [0, 0.1) is 11.7 Å². The molecule has 4 heteroatoms. The van der Waals surface area contributed by atoms with E-state index in [9.17, 15) is 9.18 Å². The van der Waals surface area contributed by atoms with Crippen LogP contribution in [0.4, 0.5) is 4.39 Å². The number of furan rings is 1. The van der Waals surface area contributed by atoms with Crippen molar-refractivity contribution in [2.24, 2.45) is 5.92 Å². The largest absolute Gasteiger partial charge is 0.451 e. The van der Waals surface area contributed by atoms with Gasteiger partial charge in [0.25, 0.3) is 5.91 Å². The van der Waals surface area contributed by atoms with Crippen molar-refractivity contribution in [3.05, 3.63) is 48.0 Å². The number of benzene rings is 1. The summed E-state index contributed by atoms with van der Waals surface area (Å²) in [6, 6.07) is 9.66. The summed E-state index contributed by atoms with van der Waals surface area (Å²) < 4.78 is 18.6.